The standard InChI is InChI=1S/C26H23NO5/c1-3-7-24(28)31-22-13-10-17(15-23(22)30-4-2)14-21-26(29)32-25(27-21)20-12-11-18-8-5-6-9-19(18)16-20/h5-6,8-16H,3-4,7H2,1-2H3/b21-14-. The summed E-state index contributed by atoms with van der Waals surface area (Å²) in [6.07, 6.45) is 2.65. The predicted molar refractivity (Wildman–Crippen MR) is 123 cm³/mol. The van der Waals surface area contributed by atoms with Gasteiger partial charge in [0, 0.05) is 12.0 Å². The Hall–Kier alpha value is -3.93. The summed E-state index contributed by atoms with van der Waals surface area (Å²) in [4.78, 5) is 28.7. The topological polar surface area (TPSA) is 74.2 Å². The van der Waals surface area contributed by atoms with E-state index in [4.69, 9.17) is 14.2 Å². The summed E-state index contributed by atoms with van der Waals surface area (Å²) in [5, 5.41) is 2.14. The van der Waals surface area contributed by atoms with Gasteiger partial charge in [-0.3, -0.25) is 4.79 Å². The lowest BCUT2D eigenvalue weighted by Gasteiger charge is -2.11. The van der Waals surface area contributed by atoms with Gasteiger partial charge >= 0.3 is 11.9 Å². The summed E-state index contributed by atoms with van der Waals surface area (Å²) >= 11 is 0. The molecule has 6 heteroatoms. The van der Waals surface area contributed by atoms with E-state index in [9.17, 15) is 9.59 Å². The van der Waals surface area contributed by atoms with Gasteiger partial charge in [-0.1, -0.05) is 43.3 Å². The molecule has 0 atom stereocenters. The summed E-state index contributed by atoms with van der Waals surface area (Å²) in [6, 6.07) is 18.8. The molecule has 0 N–H and O–H groups in total. The molecular weight excluding hydrogens is 406 g/mol. The van der Waals surface area contributed by atoms with E-state index in [0.717, 1.165) is 16.3 Å². The summed E-state index contributed by atoms with van der Waals surface area (Å²) in [5.74, 6) is 0.202. The predicted octanol–water partition coefficient (Wildman–Crippen LogP) is 5.29. The van der Waals surface area contributed by atoms with Crippen LogP contribution in [0.1, 0.15) is 37.8 Å². The second kappa shape index (κ2) is 9.47. The minimum absolute atomic E-state index is 0.186. The monoisotopic (exact) mass is 429 g/mol. The van der Waals surface area contributed by atoms with E-state index >= 15 is 0 Å². The van der Waals surface area contributed by atoms with E-state index in [2.05, 4.69) is 4.99 Å². The molecule has 0 aliphatic carbocycles. The van der Waals surface area contributed by atoms with Crippen molar-refractivity contribution in [2.24, 2.45) is 4.99 Å². The van der Waals surface area contributed by atoms with Crippen molar-refractivity contribution >= 4 is 34.7 Å². The van der Waals surface area contributed by atoms with Crippen LogP contribution in [0, 0.1) is 0 Å². The van der Waals surface area contributed by atoms with Gasteiger partial charge in [-0.2, -0.15) is 0 Å². The molecule has 3 aromatic carbocycles. The van der Waals surface area contributed by atoms with E-state index in [-0.39, 0.29) is 17.6 Å². The van der Waals surface area contributed by atoms with Gasteiger partial charge in [0.1, 0.15) is 0 Å². The number of aliphatic imine (C=N–C) groups is 1. The van der Waals surface area contributed by atoms with E-state index < -0.39 is 5.97 Å². The first-order chi connectivity index (χ1) is 15.6. The van der Waals surface area contributed by atoms with Crippen molar-refractivity contribution in [3.8, 4) is 11.5 Å². The van der Waals surface area contributed by atoms with Crippen LogP contribution in [-0.2, 0) is 14.3 Å². The third-order valence-electron chi connectivity index (χ3n) is 4.87. The molecule has 1 aliphatic heterocycles. The van der Waals surface area contributed by atoms with Gasteiger partial charge in [-0.05, 0) is 60.0 Å². The van der Waals surface area contributed by atoms with Crippen molar-refractivity contribution in [3.63, 3.8) is 0 Å². The van der Waals surface area contributed by atoms with Crippen LogP contribution in [0.2, 0.25) is 0 Å². The summed E-state index contributed by atoms with van der Waals surface area (Å²) < 4.78 is 16.4. The molecule has 0 aromatic heterocycles. The van der Waals surface area contributed by atoms with Crippen LogP contribution in [0.25, 0.3) is 16.8 Å². The van der Waals surface area contributed by atoms with Crippen LogP contribution in [0.5, 0.6) is 11.5 Å². The molecule has 0 saturated heterocycles. The summed E-state index contributed by atoms with van der Waals surface area (Å²) in [7, 11) is 0. The van der Waals surface area contributed by atoms with Crippen molar-refractivity contribution < 1.29 is 23.8 Å². The fourth-order valence-electron chi connectivity index (χ4n) is 3.36. The third kappa shape index (κ3) is 4.70. The molecule has 0 saturated carbocycles. The second-order valence-corrected chi connectivity index (χ2v) is 7.26. The number of esters is 2. The molecule has 4 rings (SSSR count). The minimum atomic E-state index is -0.524. The average Bonchev–Trinajstić information content (AvgIpc) is 3.15. The quantitative estimate of drug-likeness (QED) is 0.290. The van der Waals surface area contributed by atoms with Gasteiger partial charge in [0.25, 0.3) is 0 Å². The fourth-order valence-corrected chi connectivity index (χ4v) is 3.36. The molecule has 0 radical (unpaired) electrons. The molecule has 32 heavy (non-hydrogen) atoms. The smallest absolute Gasteiger partial charge is 0.363 e. The van der Waals surface area contributed by atoms with Crippen LogP contribution >= 0.6 is 0 Å². The third-order valence-corrected chi connectivity index (χ3v) is 4.87. The molecule has 1 aliphatic rings. The zero-order valence-electron chi connectivity index (χ0n) is 18.0. The first-order valence-electron chi connectivity index (χ1n) is 10.6. The molecule has 3 aromatic rings. The Labute approximate surface area is 186 Å². The van der Waals surface area contributed by atoms with Crippen molar-refractivity contribution in [2.75, 3.05) is 6.61 Å². The average molecular weight is 429 g/mol. The first kappa shape index (κ1) is 21.3. The number of ether oxygens (including phenoxy) is 3. The Morgan fingerprint density at radius 3 is 2.59 bits per heavy atom. The highest BCUT2D eigenvalue weighted by atomic mass is 16.6. The maximum atomic E-state index is 12.4. The maximum absolute atomic E-state index is 12.4. The zero-order chi connectivity index (χ0) is 22.5. The highest BCUT2D eigenvalue weighted by molar-refractivity contribution is 6.13. The van der Waals surface area contributed by atoms with Crippen LogP contribution in [0.15, 0.2) is 71.4 Å². The number of nitrogens with zero attached hydrogens (tertiary/aromatic N) is 1. The Kier molecular flexibility index (Phi) is 6.31. The Morgan fingerprint density at radius 1 is 1.00 bits per heavy atom. The Morgan fingerprint density at radius 2 is 1.81 bits per heavy atom. The molecule has 0 spiro atoms. The molecular formula is C26H23NO5. The number of hydrogen-bond acceptors (Lipinski definition) is 6. The highest BCUT2D eigenvalue weighted by Gasteiger charge is 2.24. The lowest BCUT2D eigenvalue weighted by Crippen LogP contribution is -2.08. The van der Waals surface area contributed by atoms with Gasteiger partial charge in [0.05, 0.1) is 6.61 Å². The molecule has 1 heterocycles. The number of benzene rings is 3. The molecule has 0 unspecified atom stereocenters. The van der Waals surface area contributed by atoms with Crippen molar-refractivity contribution in [1.82, 2.24) is 0 Å². The maximum Gasteiger partial charge on any atom is 0.363 e. The van der Waals surface area contributed by atoms with Crippen LogP contribution in [-0.4, -0.2) is 24.4 Å². The first-order valence-corrected chi connectivity index (χ1v) is 10.6. The number of carbonyl (C=O) groups excluding carboxylic acids is 2. The van der Waals surface area contributed by atoms with E-state index in [1.54, 1.807) is 24.3 Å². The normalized spacial score (nSPS) is 14.4. The van der Waals surface area contributed by atoms with Gasteiger partial charge < -0.3 is 14.2 Å². The highest BCUT2D eigenvalue weighted by Crippen LogP contribution is 2.31. The van der Waals surface area contributed by atoms with Crippen LogP contribution < -0.4 is 9.47 Å². The number of hydrogen-bond donors (Lipinski definition) is 0. The Bertz CT molecular complexity index is 1240. The van der Waals surface area contributed by atoms with Crippen molar-refractivity contribution in [3.05, 3.63) is 77.5 Å². The molecule has 6 nitrogen and oxygen atoms in total. The summed E-state index contributed by atoms with van der Waals surface area (Å²) in [6.45, 7) is 4.16. The molecule has 162 valence electrons. The van der Waals surface area contributed by atoms with Gasteiger partial charge in [-0.15, -0.1) is 0 Å². The lowest BCUT2D eigenvalue weighted by atomic mass is 10.1. The van der Waals surface area contributed by atoms with Gasteiger partial charge in [0.2, 0.25) is 5.90 Å². The van der Waals surface area contributed by atoms with E-state index in [1.807, 2.05) is 56.3 Å². The second-order valence-electron chi connectivity index (χ2n) is 7.26. The van der Waals surface area contributed by atoms with Crippen molar-refractivity contribution in [2.45, 2.75) is 26.7 Å². The fraction of sp³-hybridized carbons (Fsp3) is 0.192. The number of carbonyl (C=O) groups is 2. The molecule has 0 bridgehead atoms. The number of fused-ring (bicyclic) bond motifs is 1. The van der Waals surface area contributed by atoms with E-state index in [1.165, 1.54) is 0 Å². The van der Waals surface area contributed by atoms with Crippen LogP contribution in [0.4, 0.5) is 0 Å². The van der Waals surface area contributed by atoms with E-state index in [0.29, 0.717) is 36.5 Å². The Balaban J connectivity index is 1.62. The van der Waals surface area contributed by atoms with Gasteiger partial charge in [0.15, 0.2) is 17.2 Å². The lowest BCUT2D eigenvalue weighted by molar-refractivity contribution is -0.134. The minimum Gasteiger partial charge on any atom is -0.490 e. The molecule has 0 fully saturated rings. The number of cyclic esters (lactones) is 1. The van der Waals surface area contributed by atoms with Gasteiger partial charge in [-0.25, -0.2) is 9.79 Å². The largest absolute Gasteiger partial charge is 0.490 e. The van der Waals surface area contributed by atoms with Crippen molar-refractivity contribution in [1.29, 1.82) is 0 Å². The van der Waals surface area contributed by atoms with Crippen LogP contribution in [0.3, 0.4) is 0 Å². The number of rotatable bonds is 7. The zero-order valence-corrected chi connectivity index (χ0v) is 18.0. The SMILES string of the molecule is CCCC(=O)Oc1ccc(/C=C2\N=C(c3ccc4ccccc4c3)OC2=O)cc1OCC. The molecule has 0 amide bonds. The summed E-state index contributed by atoms with van der Waals surface area (Å²) in [5.41, 5.74) is 1.60.